The van der Waals surface area contributed by atoms with Crippen molar-refractivity contribution in [1.82, 2.24) is 9.88 Å². The number of allylic oxidation sites excluding steroid dienone is 3. The molecule has 1 aromatic heterocycles. The van der Waals surface area contributed by atoms with Crippen molar-refractivity contribution < 1.29 is 0 Å². The number of rotatable bonds is 2. The predicted molar refractivity (Wildman–Crippen MR) is 92.8 cm³/mol. The maximum absolute atomic E-state index is 4.09. The van der Waals surface area contributed by atoms with Gasteiger partial charge in [-0.05, 0) is 56.7 Å². The number of aromatic amines is 1. The Morgan fingerprint density at radius 3 is 2.95 bits per heavy atom. The van der Waals surface area contributed by atoms with E-state index in [0.29, 0.717) is 6.04 Å². The quantitative estimate of drug-likeness (QED) is 0.763. The minimum atomic E-state index is 0.532. The van der Waals surface area contributed by atoms with Crippen molar-refractivity contribution in [3.8, 4) is 0 Å². The minimum Gasteiger partial charge on any atom is -0.366 e. The molecule has 1 atom stereocenters. The molecule has 1 aromatic carbocycles. The maximum atomic E-state index is 4.09. The van der Waals surface area contributed by atoms with E-state index in [1.807, 2.05) is 0 Å². The van der Waals surface area contributed by atoms with Crippen LogP contribution >= 0.6 is 0 Å². The first-order valence-corrected chi connectivity index (χ1v) is 8.34. The lowest BCUT2D eigenvalue weighted by Gasteiger charge is -2.42. The molecule has 22 heavy (non-hydrogen) atoms. The predicted octanol–water partition coefficient (Wildman–Crippen LogP) is 5.10. The summed E-state index contributed by atoms with van der Waals surface area (Å²) in [6.07, 6.45) is 4.64. The molecule has 0 saturated heterocycles. The smallest absolute Gasteiger partial charge is 0.0694 e. The summed E-state index contributed by atoms with van der Waals surface area (Å²) in [4.78, 5) is 6.33. The van der Waals surface area contributed by atoms with Gasteiger partial charge in [0, 0.05) is 28.8 Å². The standard InChI is InChI=1S/C20H24N2/c1-13(2)12-15-8-9-19-20-17(10-11-22(19)14(15)3)16-6-4-5-7-18(16)21-20/h4-7,19,21H,1,8-12H2,2-3H3. The fourth-order valence-corrected chi connectivity index (χ4v) is 4.30. The van der Waals surface area contributed by atoms with Crippen molar-refractivity contribution in [2.75, 3.05) is 6.54 Å². The van der Waals surface area contributed by atoms with E-state index in [-0.39, 0.29) is 0 Å². The fourth-order valence-electron chi connectivity index (χ4n) is 4.30. The van der Waals surface area contributed by atoms with Gasteiger partial charge in [0.15, 0.2) is 0 Å². The van der Waals surface area contributed by atoms with Gasteiger partial charge in [-0.25, -0.2) is 0 Å². The second kappa shape index (κ2) is 5.05. The normalized spacial score (nSPS) is 21.0. The van der Waals surface area contributed by atoms with Crippen molar-refractivity contribution in [3.63, 3.8) is 0 Å². The molecule has 114 valence electrons. The summed E-state index contributed by atoms with van der Waals surface area (Å²) in [6.45, 7) is 9.68. The van der Waals surface area contributed by atoms with E-state index in [1.54, 1.807) is 11.1 Å². The summed E-state index contributed by atoms with van der Waals surface area (Å²) in [6, 6.07) is 9.28. The van der Waals surface area contributed by atoms with E-state index in [4.69, 9.17) is 0 Å². The van der Waals surface area contributed by atoms with E-state index in [2.05, 4.69) is 54.6 Å². The van der Waals surface area contributed by atoms with Gasteiger partial charge >= 0.3 is 0 Å². The average Bonchev–Trinajstić information content (AvgIpc) is 2.88. The number of nitrogens with one attached hydrogen (secondary N) is 1. The number of fused-ring (bicyclic) bond motifs is 5. The zero-order chi connectivity index (χ0) is 15.3. The Kier molecular flexibility index (Phi) is 3.14. The molecule has 2 aromatic rings. The molecule has 0 radical (unpaired) electrons. The number of nitrogens with zero attached hydrogens (tertiary/aromatic N) is 1. The van der Waals surface area contributed by atoms with E-state index >= 15 is 0 Å². The molecule has 0 spiro atoms. The number of benzene rings is 1. The highest BCUT2D eigenvalue weighted by Gasteiger charge is 2.33. The molecule has 2 aliphatic rings. The van der Waals surface area contributed by atoms with Crippen LogP contribution in [0.5, 0.6) is 0 Å². The van der Waals surface area contributed by atoms with Crippen molar-refractivity contribution in [3.05, 3.63) is 58.9 Å². The number of para-hydroxylation sites is 1. The largest absolute Gasteiger partial charge is 0.366 e. The van der Waals surface area contributed by atoms with Crippen LogP contribution in [-0.2, 0) is 6.42 Å². The molecule has 0 fully saturated rings. The Balaban J connectivity index is 1.76. The molecule has 0 aliphatic carbocycles. The molecule has 2 heteroatoms. The number of aromatic nitrogens is 1. The second-order valence-electron chi connectivity index (χ2n) is 6.88. The first kappa shape index (κ1) is 13.7. The summed E-state index contributed by atoms with van der Waals surface area (Å²) in [7, 11) is 0. The van der Waals surface area contributed by atoms with Gasteiger partial charge in [-0.1, -0.05) is 30.4 Å². The molecular formula is C20H24N2. The molecule has 1 unspecified atom stereocenters. The van der Waals surface area contributed by atoms with Gasteiger partial charge in [0.1, 0.15) is 0 Å². The summed E-state index contributed by atoms with van der Waals surface area (Å²) in [5.41, 5.74) is 8.65. The molecule has 0 amide bonds. The highest BCUT2D eigenvalue weighted by atomic mass is 15.2. The van der Waals surface area contributed by atoms with Gasteiger partial charge in [-0.15, -0.1) is 0 Å². The summed E-state index contributed by atoms with van der Waals surface area (Å²) < 4.78 is 0. The molecular weight excluding hydrogens is 268 g/mol. The van der Waals surface area contributed by atoms with Crippen LogP contribution in [0.3, 0.4) is 0 Å². The molecule has 2 aliphatic heterocycles. The maximum Gasteiger partial charge on any atom is 0.0694 e. The van der Waals surface area contributed by atoms with Gasteiger partial charge < -0.3 is 9.88 Å². The van der Waals surface area contributed by atoms with Crippen molar-refractivity contribution in [1.29, 1.82) is 0 Å². The molecule has 0 bridgehead atoms. The molecule has 0 saturated carbocycles. The summed E-state index contributed by atoms with van der Waals surface area (Å²) in [5.74, 6) is 0. The minimum absolute atomic E-state index is 0.532. The number of H-pyrrole nitrogens is 1. The fraction of sp³-hybridized carbons (Fsp3) is 0.400. The second-order valence-corrected chi connectivity index (χ2v) is 6.88. The van der Waals surface area contributed by atoms with Crippen LogP contribution in [0.4, 0.5) is 0 Å². The molecule has 2 nitrogen and oxygen atoms in total. The van der Waals surface area contributed by atoms with Gasteiger partial charge in [0.25, 0.3) is 0 Å². The lowest BCUT2D eigenvalue weighted by molar-refractivity contribution is 0.206. The Bertz CT molecular complexity index is 778. The molecule has 1 N–H and O–H groups in total. The Hall–Kier alpha value is -1.96. The highest BCUT2D eigenvalue weighted by Crippen LogP contribution is 2.43. The van der Waals surface area contributed by atoms with Crippen LogP contribution in [-0.4, -0.2) is 16.4 Å². The number of hydrogen-bond acceptors (Lipinski definition) is 1. The monoisotopic (exact) mass is 292 g/mol. The average molecular weight is 292 g/mol. The third-order valence-electron chi connectivity index (χ3n) is 5.34. The van der Waals surface area contributed by atoms with Crippen LogP contribution in [0, 0.1) is 0 Å². The van der Waals surface area contributed by atoms with Gasteiger partial charge in [-0.3, -0.25) is 0 Å². The van der Waals surface area contributed by atoms with Crippen LogP contribution in [0.25, 0.3) is 10.9 Å². The third kappa shape index (κ3) is 2.01. The lowest BCUT2D eigenvalue weighted by Crippen LogP contribution is -2.37. The van der Waals surface area contributed by atoms with Crippen LogP contribution in [0.2, 0.25) is 0 Å². The van der Waals surface area contributed by atoms with Crippen LogP contribution in [0.15, 0.2) is 47.7 Å². The van der Waals surface area contributed by atoms with Crippen molar-refractivity contribution >= 4 is 10.9 Å². The van der Waals surface area contributed by atoms with Gasteiger partial charge in [0.2, 0.25) is 0 Å². The third-order valence-corrected chi connectivity index (χ3v) is 5.34. The zero-order valence-electron chi connectivity index (χ0n) is 13.6. The lowest BCUT2D eigenvalue weighted by atomic mass is 9.86. The topological polar surface area (TPSA) is 19.0 Å². The summed E-state index contributed by atoms with van der Waals surface area (Å²) >= 11 is 0. The van der Waals surface area contributed by atoms with E-state index < -0.39 is 0 Å². The van der Waals surface area contributed by atoms with E-state index in [9.17, 15) is 0 Å². The zero-order valence-corrected chi connectivity index (χ0v) is 13.6. The van der Waals surface area contributed by atoms with Gasteiger partial charge in [0.05, 0.1) is 6.04 Å². The first-order chi connectivity index (χ1) is 10.6. The first-order valence-electron chi connectivity index (χ1n) is 8.34. The van der Waals surface area contributed by atoms with E-state index in [0.717, 1.165) is 19.4 Å². The Labute approximate surface area is 132 Å². The van der Waals surface area contributed by atoms with Gasteiger partial charge in [-0.2, -0.15) is 0 Å². The van der Waals surface area contributed by atoms with Crippen LogP contribution < -0.4 is 0 Å². The number of hydrogen-bond donors (Lipinski definition) is 1. The SMILES string of the molecule is C=C(C)CC1=C(C)N2CCc3c([nH]c4ccccc34)C2CC1. The molecule has 4 rings (SSSR count). The van der Waals surface area contributed by atoms with Crippen molar-refractivity contribution in [2.24, 2.45) is 0 Å². The Morgan fingerprint density at radius 2 is 2.14 bits per heavy atom. The summed E-state index contributed by atoms with van der Waals surface area (Å²) in [5, 5.41) is 1.42. The molecule has 3 heterocycles. The highest BCUT2D eigenvalue weighted by molar-refractivity contribution is 5.85. The van der Waals surface area contributed by atoms with E-state index in [1.165, 1.54) is 40.7 Å². The van der Waals surface area contributed by atoms with Crippen LogP contribution in [0.1, 0.15) is 50.4 Å². The van der Waals surface area contributed by atoms with Crippen molar-refractivity contribution in [2.45, 2.75) is 45.6 Å². The Morgan fingerprint density at radius 1 is 1.32 bits per heavy atom.